The Balaban J connectivity index is 1.94. The summed E-state index contributed by atoms with van der Waals surface area (Å²) in [4.78, 5) is 31.7. The lowest BCUT2D eigenvalue weighted by atomic mass is 9.96. The molecule has 2 aromatic carbocycles. The summed E-state index contributed by atoms with van der Waals surface area (Å²) in [5.74, 6) is 0.192. The Bertz CT molecular complexity index is 1470. The molecule has 0 fully saturated rings. The summed E-state index contributed by atoms with van der Waals surface area (Å²) in [5, 5.41) is 0. The molecule has 0 amide bonds. The van der Waals surface area contributed by atoms with E-state index in [2.05, 4.69) is 52.8 Å². The van der Waals surface area contributed by atoms with Crippen molar-refractivity contribution in [3.8, 4) is 5.75 Å². The molecular weight excluding hydrogens is 652 g/mol. The van der Waals surface area contributed by atoms with Crippen molar-refractivity contribution in [2.45, 2.75) is 19.9 Å². The summed E-state index contributed by atoms with van der Waals surface area (Å²) in [7, 11) is 1.59. The molecular formula is C24H19Br3N2O4S. The molecule has 0 unspecified atom stereocenters. The maximum absolute atomic E-state index is 13.6. The minimum atomic E-state index is -0.639. The number of carbonyl (C=O) groups excluding carboxylic acids is 1. The van der Waals surface area contributed by atoms with E-state index in [-0.39, 0.29) is 12.2 Å². The molecule has 0 radical (unpaired) electrons. The van der Waals surface area contributed by atoms with Crippen LogP contribution in [0, 0.1) is 0 Å². The fourth-order valence-corrected chi connectivity index (χ4v) is 6.62. The van der Waals surface area contributed by atoms with Gasteiger partial charge in [0.15, 0.2) is 4.80 Å². The van der Waals surface area contributed by atoms with E-state index in [1.54, 1.807) is 31.6 Å². The lowest BCUT2D eigenvalue weighted by Gasteiger charge is -2.24. The van der Waals surface area contributed by atoms with Crippen molar-refractivity contribution >= 4 is 71.2 Å². The van der Waals surface area contributed by atoms with E-state index in [1.807, 2.05) is 36.4 Å². The van der Waals surface area contributed by atoms with Gasteiger partial charge in [0.25, 0.3) is 5.56 Å². The van der Waals surface area contributed by atoms with Gasteiger partial charge in [0.05, 0.1) is 44.5 Å². The van der Waals surface area contributed by atoms with Crippen LogP contribution in [-0.4, -0.2) is 24.3 Å². The van der Waals surface area contributed by atoms with Crippen molar-refractivity contribution in [3.05, 3.63) is 91.9 Å². The van der Waals surface area contributed by atoms with Gasteiger partial charge in [-0.05, 0) is 87.2 Å². The lowest BCUT2D eigenvalue weighted by molar-refractivity contribution is -0.139. The predicted octanol–water partition coefficient (Wildman–Crippen LogP) is 5.09. The van der Waals surface area contributed by atoms with Gasteiger partial charge in [-0.15, -0.1) is 0 Å². The van der Waals surface area contributed by atoms with E-state index in [1.165, 1.54) is 11.3 Å². The molecule has 0 N–H and O–H groups in total. The highest BCUT2D eigenvalue weighted by molar-refractivity contribution is 9.11. The van der Waals surface area contributed by atoms with Gasteiger partial charge < -0.3 is 9.47 Å². The molecule has 1 aromatic heterocycles. The lowest BCUT2D eigenvalue weighted by Crippen LogP contribution is -2.39. The minimum Gasteiger partial charge on any atom is -0.494 e. The van der Waals surface area contributed by atoms with E-state index in [0.29, 0.717) is 26.4 Å². The standard InChI is InChI=1S/C24H19Br3N2O4S/c1-4-33-23(31)19-12(2)28-24-29(20(19)14-5-7-15(25)8-6-14)22(30)18(34-24)11-13-9-16(26)21(32-3)17(27)10-13/h5-11,20H,4H2,1-3H3/b18-11-/t20-/m1/s1. The van der Waals surface area contributed by atoms with Crippen molar-refractivity contribution in [2.24, 2.45) is 4.99 Å². The Morgan fingerprint density at radius 1 is 1.18 bits per heavy atom. The Labute approximate surface area is 225 Å². The monoisotopic (exact) mass is 668 g/mol. The zero-order valence-corrected chi connectivity index (χ0v) is 24.0. The highest BCUT2D eigenvalue weighted by atomic mass is 79.9. The SMILES string of the molecule is CCOC(=O)C1=C(C)N=c2s/c(=C\c3cc(Br)c(OC)c(Br)c3)c(=O)n2[C@@H]1c1ccc(Br)cc1. The van der Waals surface area contributed by atoms with Crippen LogP contribution in [0.3, 0.4) is 0 Å². The summed E-state index contributed by atoms with van der Waals surface area (Å²) >= 11 is 11.7. The quantitative estimate of drug-likeness (QED) is 0.355. The second-order valence-corrected chi connectivity index (χ2v) is 11.0. The molecule has 0 bridgehead atoms. The van der Waals surface area contributed by atoms with Gasteiger partial charge in [-0.25, -0.2) is 9.79 Å². The first-order valence-corrected chi connectivity index (χ1v) is 13.4. The summed E-state index contributed by atoms with van der Waals surface area (Å²) in [6, 6.07) is 10.7. The number of aromatic nitrogens is 1. The number of carbonyl (C=O) groups is 1. The van der Waals surface area contributed by atoms with Crippen LogP contribution in [0.5, 0.6) is 5.75 Å². The second kappa shape index (κ2) is 10.3. The first-order chi connectivity index (χ1) is 16.2. The third kappa shape index (κ3) is 4.73. The Morgan fingerprint density at radius 2 is 1.82 bits per heavy atom. The number of hydrogen-bond donors (Lipinski definition) is 0. The molecule has 0 saturated heterocycles. The highest BCUT2D eigenvalue weighted by Crippen LogP contribution is 2.35. The number of benzene rings is 2. The molecule has 34 heavy (non-hydrogen) atoms. The molecule has 3 aromatic rings. The molecule has 1 aliphatic heterocycles. The Morgan fingerprint density at radius 3 is 2.41 bits per heavy atom. The molecule has 0 saturated carbocycles. The third-order valence-corrected chi connectivity index (χ3v) is 7.91. The molecule has 176 valence electrons. The van der Waals surface area contributed by atoms with Crippen molar-refractivity contribution in [2.75, 3.05) is 13.7 Å². The molecule has 1 aliphatic rings. The fourth-order valence-electron chi connectivity index (χ4n) is 3.76. The summed E-state index contributed by atoms with van der Waals surface area (Å²) in [5.41, 5.74) is 2.27. The number of rotatable bonds is 5. The number of methoxy groups -OCH3 is 1. The van der Waals surface area contributed by atoms with Crippen LogP contribution in [0.1, 0.15) is 31.0 Å². The van der Waals surface area contributed by atoms with Gasteiger partial charge in [0.2, 0.25) is 0 Å². The maximum Gasteiger partial charge on any atom is 0.338 e. The van der Waals surface area contributed by atoms with Gasteiger partial charge in [0.1, 0.15) is 5.75 Å². The van der Waals surface area contributed by atoms with Crippen molar-refractivity contribution in [1.29, 1.82) is 0 Å². The minimum absolute atomic E-state index is 0.228. The maximum atomic E-state index is 13.6. The van der Waals surface area contributed by atoms with Crippen LogP contribution in [-0.2, 0) is 9.53 Å². The fraction of sp³-hybridized carbons (Fsp3) is 0.208. The van der Waals surface area contributed by atoms with Crippen molar-refractivity contribution in [1.82, 2.24) is 4.57 Å². The zero-order valence-electron chi connectivity index (χ0n) is 18.4. The highest BCUT2D eigenvalue weighted by Gasteiger charge is 2.33. The molecule has 4 rings (SSSR count). The van der Waals surface area contributed by atoms with Gasteiger partial charge in [-0.2, -0.15) is 0 Å². The largest absolute Gasteiger partial charge is 0.494 e. The molecule has 0 spiro atoms. The van der Waals surface area contributed by atoms with Crippen LogP contribution < -0.4 is 19.6 Å². The number of allylic oxidation sites excluding steroid dienone is 1. The third-order valence-electron chi connectivity index (χ3n) is 5.23. The first kappa shape index (κ1) is 25.1. The van der Waals surface area contributed by atoms with Gasteiger partial charge in [-0.3, -0.25) is 9.36 Å². The molecule has 6 nitrogen and oxygen atoms in total. The van der Waals surface area contributed by atoms with E-state index in [0.717, 1.165) is 24.5 Å². The summed E-state index contributed by atoms with van der Waals surface area (Å²) < 4.78 is 15.2. The van der Waals surface area contributed by atoms with E-state index < -0.39 is 12.0 Å². The predicted molar refractivity (Wildman–Crippen MR) is 143 cm³/mol. The molecule has 1 atom stereocenters. The topological polar surface area (TPSA) is 69.9 Å². The van der Waals surface area contributed by atoms with Crippen molar-refractivity contribution in [3.63, 3.8) is 0 Å². The molecule has 0 aliphatic carbocycles. The first-order valence-electron chi connectivity index (χ1n) is 10.2. The van der Waals surface area contributed by atoms with E-state index in [4.69, 9.17) is 9.47 Å². The molecule has 2 heterocycles. The number of fused-ring (bicyclic) bond motifs is 1. The van der Waals surface area contributed by atoms with Gasteiger partial charge in [0, 0.05) is 4.47 Å². The van der Waals surface area contributed by atoms with Gasteiger partial charge >= 0.3 is 5.97 Å². The number of nitrogens with zero attached hydrogens (tertiary/aromatic N) is 2. The Hall–Kier alpha value is -2.01. The zero-order chi connectivity index (χ0) is 24.6. The number of esters is 1. The Kier molecular flexibility index (Phi) is 7.61. The molecule has 10 heteroatoms. The average Bonchev–Trinajstić information content (AvgIpc) is 3.08. The van der Waals surface area contributed by atoms with Crippen LogP contribution in [0.15, 0.2) is 70.9 Å². The van der Waals surface area contributed by atoms with Crippen LogP contribution in [0.2, 0.25) is 0 Å². The summed E-state index contributed by atoms with van der Waals surface area (Å²) in [6.07, 6.45) is 1.81. The normalized spacial score (nSPS) is 15.7. The number of halogens is 3. The average molecular weight is 671 g/mol. The van der Waals surface area contributed by atoms with Gasteiger partial charge in [-0.1, -0.05) is 39.4 Å². The van der Waals surface area contributed by atoms with Crippen LogP contribution >= 0.6 is 59.1 Å². The second-order valence-electron chi connectivity index (χ2n) is 7.37. The van der Waals surface area contributed by atoms with Crippen LogP contribution in [0.4, 0.5) is 0 Å². The van der Waals surface area contributed by atoms with E-state index >= 15 is 0 Å². The number of hydrogen-bond acceptors (Lipinski definition) is 6. The number of thiazole rings is 1. The summed E-state index contributed by atoms with van der Waals surface area (Å²) in [6.45, 7) is 3.75. The van der Waals surface area contributed by atoms with Crippen molar-refractivity contribution < 1.29 is 14.3 Å². The number of ether oxygens (including phenoxy) is 2. The smallest absolute Gasteiger partial charge is 0.338 e. The van der Waals surface area contributed by atoms with Crippen LogP contribution in [0.25, 0.3) is 6.08 Å². The van der Waals surface area contributed by atoms with E-state index in [9.17, 15) is 9.59 Å².